The molecule has 41 heavy (non-hydrogen) atoms. The summed E-state index contributed by atoms with van der Waals surface area (Å²) in [5.74, 6) is 1.87. The van der Waals surface area contributed by atoms with E-state index < -0.39 is 0 Å². The fourth-order valence-corrected chi connectivity index (χ4v) is 6.25. The van der Waals surface area contributed by atoms with Crippen LogP contribution in [0.4, 0.5) is 0 Å². The number of ether oxygens (including phenoxy) is 2. The fourth-order valence-electron chi connectivity index (χ4n) is 5.56. The van der Waals surface area contributed by atoms with Gasteiger partial charge in [-0.3, -0.25) is 0 Å². The molecule has 3 heteroatoms. The van der Waals surface area contributed by atoms with E-state index in [4.69, 9.17) is 9.47 Å². The Morgan fingerprint density at radius 1 is 0.488 bits per heavy atom. The molecule has 0 N–H and O–H groups in total. The summed E-state index contributed by atoms with van der Waals surface area (Å²) in [5.41, 5.74) is 0. The molecule has 1 atom stereocenters. The molecule has 0 aliphatic carbocycles. The molecule has 0 aromatic heterocycles. The largest absolute Gasteiger partial charge is 0.495 e. The van der Waals surface area contributed by atoms with Crippen molar-refractivity contribution in [3.8, 4) is 0 Å². The molecule has 244 valence electrons. The minimum absolute atomic E-state index is 0.102. The molecule has 0 saturated heterocycles. The lowest BCUT2D eigenvalue weighted by Gasteiger charge is -2.21. The highest BCUT2D eigenvalue weighted by Gasteiger charge is 2.12. The van der Waals surface area contributed by atoms with Crippen LogP contribution in [0.5, 0.6) is 0 Å². The zero-order valence-corrected chi connectivity index (χ0v) is 30.3. The zero-order chi connectivity index (χ0) is 30.1. The molecule has 0 aromatic rings. The van der Waals surface area contributed by atoms with E-state index in [9.17, 15) is 0 Å². The molecule has 0 radical (unpaired) electrons. The van der Waals surface area contributed by atoms with Crippen LogP contribution >= 0.6 is 22.6 Å². The Bertz CT molecular complexity index is 546. The van der Waals surface area contributed by atoms with E-state index in [1.54, 1.807) is 0 Å². The van der Waals surface area contributed by atoms with Gasteiger partial charge >= 0.3 is 0 Å². The summed E-state index contributed by atoms with van der Waals surface area (Å²) in [4.78, 5) is 0. The highest BCUT2D eigenvalue weighted by atomic mass is 127. The monoisotopic (exact) mass is 688 g/mol. The van der Waals surface area contributed by atoms with Crippen LogP contribution in [-0.2, 0) is 9.47 Å². The minimum Gasteiger partial charge on any atom is -0.495 e. The second kappa shape index (κ2) is 34.3. The molecule has 0 aliphatic rings. The summed E-state index contributed by atoms with van der Waals surface area (Å²) >= 11 is 2.43. The summed E-state index contributed by atoms with van der Waals surface area (Å²) in [7, 11) is 0. The first-order valence-electron chi connectivity index (χ1n) is 18.3. The number of alkyl halides is 1. The quantitative estimate of drug-likeness (QED) is 0.0286. The molecule has 0 spiro atoms. The number of hydrogen-bond acceptors (Lipinski definition) is 2. The van der Waals surface area contributed by atoms with Crippen LogP contribution < -0.4 is 0 Å². The molecular weight excluding hydrogens is 615 g/mol. The van der Waals surface area contributed by atoms with Crippen molar-refractivity contribution in [2.24, 2.45) is 0 Å². The van der Waals surface area contributed by atoms with E-state index in [-0.39, 0.29) is 6.10 Å². The summed E-state index contributed by atoms with van der Waals surface area (Å²) in [5, 5.41) is 0. The molecule has 0 bridgehead atoms. The Kier molecular flexibility index (Phi) is 34.1. The molecular formula is C38H73IO2. The van der Waals surface area contributed by atoms with Crippen molar-refractivity contribution in [1.29, 1.82) is 0 Å². The van der Waals surface area contributed by atoms with Crippen LogP contribution in [0.3, 0.4) is 0 Å². The van der Waals surface area contributed by atoms with Crippen molar-refractivity contribution in [3.63, 3.8) is 0 Å². The molecule has 0 saturated carbocycles. The smallest absolute Gasteiger partial charge is 0.133 e. The Labute approximate surface area is 272 Å². The second-order valence-electron chi connectivity index (χ2n) is 12.6. The van der Waals surface area contributed by atoms with Crippen LogP contribution in [0.25, 0.3) is 0 Å². The first kappa shape index (κ1) is 40.8. The maximum atomic E-state index is 6.21. The predicted octanol–water partition coefficient (Wildman–Crippen LogP) is 14.2. The minimum atomic E-state index is 0.102. The Balaban J connectivity index is 3.63. The van der Waals surface area contributed by atoms with E-state index in [1.165, 1.54) is 167 Å². The second-order valence-corrected chi connectivity index (χ2v) is 13.7. The third-order valence-corrected chi connectivity index (χ3v) is 8.98. The molecule has 1 unspecified atom stereocenters. The number of rotatable bonds is 35. The Hall–Kier alpha value is -0.190. The molecule has 0 aliphatic heterocycles. The third kappa shape index (κ3) is 32.6. The van der Waals surface area contributed by atoms with Gasteiger partial charge in [0.1, 0.15) is 12.7 Å². The SMILES string of the molecule is C=C(CCCCCCCCCCCCCCC)OCC(CCI)OC(=C)CCCCCCCCCCCCCCC. The third-order valence-electron chi connectivity index (χ3n) is 8.36. The number of hydrogen-bond donors (Lipinski definition) is 0. The molecule has 2 nitrogen and oxygen atoms in total. The first-order valence-corrected chi connectivity index (χ1v) is 19.9. The van der Waals surface area contributed by atoms with E-state index in [0.717, 1.165) is 35.2 Å². The molecule has 0 rings (SSSR count). The lowest BCUT2D eigenvalue weighted by Crippen LogP contribution is -2.20. The van der Waals surface area contributed by atoms with E-state index in [2.05, 4.69) is 49.6 Å². The van der Waals surface area contributed by atoms with Crippen molar-refractivity contribution in [3.05, 3.63) is 24.7 Å². The lowest BCUT2D eigenvalue weighted by atomic mass is 10.0. The van der Waals surface area contributed by atoms with E-state index in [1.807, 2.05) is 0 Å². The van der Waals surface area contributed by atoms with Crippen LogP contribution in [0.2, 0.25) is 0 Å². The van der Waals surface area contributed by atoms with E-state index >= 15 is 0 Å². The number of allylic oxidation sites excluding steroid dienone is 2. The maximum absolute atomic E-state index is 6.21. The zero-order valence-electron chi connectivity index (χ0n) is 28.1. The maximum Gasteiger partial charge on any atom is 0.133 e. The summed E-state index contributed by atoms with van der Waals surface area (Å²) in [6, 6.07) is 0. The van der Waals surface area contributed by atoms with Crippen molar-refractivity contribution >= 4 is 22.6 Å². The topological polar surface area (TPSA) is 18.5 Å². The predicted molar refractivity (Wildman–Crippen MR) is 193 cm³/mol. The van der Waals surface area contributed by atoms with Gasteiger partial charge in [-0.05, 0) is 19.3 Å². The highest BCUT2D eigenvalue weighted by Crippen LogP contribution is 2.19. The first-order chi connectivity index (χ1) is 20.1. The van der Waals surface area contributed by atoms with Crippen LogP contribution in [0, 0.1) is 0 Å². The van der Waals surface area contributed by atoms with Gasteiger partial charge in [-0.2, -0.15) is 0 Å². The van der Waals surface area contributed by atoms with Crippen LogP contribution in [-0.4, -0.2) is 17.1 Å². The van der Waals surface area contributed by atoms with Gasteiger partial charge in [0.15, 0.2) is 0 Å². The summed E-state index contributed by atoms with van der Waals surface area (Å²) in [6.45, 7) is 13.6. The average molecular weight is 689 g/mol. The van der Waals surface area contributed by atoms with Gasteiger partial charge in [-0.15, -0.1) is 0 Å². The van der Waals surface area contributed by atoms with Gasteiger partial charge in [-0.25, -0.2) is 0 Å². The van der Waals surface area contributed by atoms with Gasteiger partial charge in [-0.1, -0.05) is 204 Å². The molecule has 0 heterocycles. The molecule has 0 fully saturated rings. The lowest BCUT2D eigenvalue weighted by molar-refractivity contribution is 0.0358. The Morgan fingerprint density at radius 2 is 0.805 bits per heavy atom. The van der Waals surface area contributed by atoms with Crippen LogP contribution in [0.1, 0.15) is 200 Å². The number of halogens is 1. The standard InChI is InChI=1S/C38H73IO2/c1-5-7-9-11-13-15-17-19-21-23-25-27-29-31-36(3)40-35-38(33-34-39)41-37(4)32-30-28-26-24-22-20-18-16-14-12-10-8-6-2/h38H,3-35H2,1-2H3. The summed E-state index contributed by atoms with van der Waals surface area (Å²) < 4.78 is 13.3. The van der Waals surface area contributed by atoms with Gasteiger partial charge in [0.05, 0.1) is 11.5 Å². The average Bonchev–Trinajstić information content (AvgIpc) is 2.96. The Morgan fingerprint density at radius 3 is 1.15 bits per heavy atom. The van der Waals surface area contributed by atoms with Crippen molar-refractivity contribution < 1.29 is 9.47 Å². The van der Waals surface area contributed by atoms with Crippen molar-refractivity contribution in [1.82, 2.24) is 0 Å². The van der Waals surface area contributed by atoms with Crippen molar-refractivity contribution in [2.75, 3.05) is 11.0 Å². The molecule has 0 aromatic carbocycles. The highest BCUT2D eigenvalue weighted by molar-refractivity contribution is 14.1. The van der Waals surface area contributed by atoms with Gasteiger partial charge in [0.2, 0.25) is 0 Å². The normalized spacial score (nSPS) is 12.0. The van der Waals surface area contributed by atoms with Crippen molar-refractivity contribution in [2.45, 2.75) is 206 Å². The van der Waals surface area contributed by atoms with E-state index in [0.29, 0.717) is 6.61 Å². The van der Waals surface area contributed by atoms with Gasteiger partial charge < -0.3 is 9.47 Å². The molecule has 0 amide bonds. The van der Waals surface area contributed by atoms with Gasteiger partial charge in [0.25, 0.3) is 0 Å². The van der Waals surface area contributed by atoms with Crippen LogP contribution in [0.15, 0.2) is 24.7 Å². The van der Waals surface area contributed by atoms with Gasteiger partial charge in [0, 0.05) is 17.3 Å². The number of unbranched alkanes of at least 4 members (excludes halogenated alkanes) is 24. The summed E-state index contributed by atoms with van der Waals surface area (Å²) in [6.07, 6.45) is 39.1. The fraction of sp³-hybridized carbons (Fsp3) is 0.895.